The standard InChI is InChI=1S/C17H18N2O4/c1-9-15(11(3)20)10(2)18-16(9)17(22)23-14-7-5-13(6-8-14)19-12(4)21/h5-8,18H,1-4H3,(H,19,21). The third-order valence-electron chi connectivity index (χ3n) is 3.38. The predicted molar refractivity (Wildman–Crippen MR) is 86.0 cm³/mol. The summed E-state index contributed by atoms with van der Waals surface area (Å²) in [7, 11) is 0. The Bertz CT molecular complexity index is 773. The molecule has 1 aromatic heterocycles. The first-order chi connectivity index (χ1) is 10.8. The minimum atomic E-state index is -0.564. The lowest BCUT2D eigenvalue weighted by molar-refractivity contribution is -0.114. The number of anilines is 1. The summed E-state index contributed by atoms with van der Waals surface area (Å²) in [5.74, 6) is -0.496. The van der Waals surface area contributed by atoms with Crippen LogP contribution in [0.15, 0.2) is 24.3 Å². The van der Waals surface area contributed by atoms with Gasteiger partial charge in [-0.3, -0.25) is 9.59 Å². The quantitative estimate of drug-likeness (QED) is 0.516. The molecular formula is C17H18N2O4. The number of hydrogen-bond donors (Lipinski definition) is 2. The fourth-order valence-corrected chi connectivity index (χ4v) is 2.45. The van der Waals surface area contributed by atoms with Crippen LogP contribution >= 0.6 is 0 Å². The van der Waals surface area contributed by atoms with Gasteiger partial charge in [0.2, 0.25) is 5.91 Å². The molecule has 6 heteroatoms. The maximum atomic E-state index is 12.3. The van der Waals surface area contributed by atoms with E-state index in [0.717, 1.165) is 0 Å². The predicted octanol–water partition coefficient (Wildman–Crippen LogP) is 3.01. The number of aromatic amines is 1. The topological polar surface area (TPSA) is 88.3 Å². The Labute approximate surface area is 133 Å². The second-order valence-electron chi connectivity index (χ2n) is 5.28. The fraction of sp³-hybridized carbons (Fsp3) is 0.235. The van der Waals surface area contributed by atoms with E-state index in [4.69, 9.17) is 4.74 Å². The van der Waals surface area contributed by atoms with Gasteiger partial charge in [0.15, 0.2) is 5.78 Å². The third kappa shape index (κ3) is 3.66. The first kappa shape index (κ1) is 16.5. The average Bonchev–Trinajstić information content (AvgIpc) is 2.75. The highest BCUT2D eigenvalue weighted by Crippen LogP contribution is 2.21. The summed E-state index contributed by atoms with van der Waals surface area (Å²) < 4.78 is 5.30. The maximum absolute atomic E-state index is 12.3. The number of H-pyrrole nitrogens is 1. The van der Waals surface area contributed by atoms with Gasteiger partial charge in [-0.25, -0.2) is 4.79 Å². The minimum Gasteiger partial charge on any atom is -0.422 e. The summed E-state index contributed by atoms with van der Waals surface area (Å²) in [5.41, 5.74) is 2.61. The molecule has 0 aliphatic rings. The molecule has 0 bridgehead atoms. The number of carbonyl (C=O) groups is 3. The summed E-state index contributed by atoms with van der Waals surface area (Å²) >= 11 is 0. The van der Waals surface area contributed by atoms with E-state index in [-0.39, 0.29) is 17.4 Å². The van der Waals surface area contributed by atoms with Gasteiger partial charge in [0.25, 0.3) is 0 Å². The normalized spacial score (nSPS) is 10.3. The van der Waals surface area contributed by atoms with Crippen molar-refractivity contribution in [3.8, 4) is 5.75 Å². The van der Waals surface area contributed by atoms with Crippen LogP contribution in [0.25, 0.3) is 0 Å². The number of rotatable bonds is 4. The molecule has 0 saturated heterocycles. The molecule has 2 aromatic rings. The number of ether oxygens (including phenoxy) is 1. The van der Waals surface area contributed by atoms with E-state index >= 15 is 0 Å². The van der Waals surface area contributed by atoms with E-state index < -0.39 is 5.97 Å². The van der Waals surface area contributed by atoms with Crippen LogP contribution in [0, 0.1) is 13.8 Å². The van der Waals surface area contributed by atoms with Crippen LogP contribution in [0.1, 0.15) is 46.0 Å². The van der Waals surface area contributed by atoms with E-state index in [2.05, 4.69) is 10.3 Å². The first-order valence-corrected chi connectivity index (χ1v) is 7.09. The minimum absolute atomic E-state index is 0.102. The molecule has 6 nitrogen and oxygen atoms in total. The van der Waals surface area contributed by atoms with Crippen LogP contribution in [0.2, 0.25) is 0 Å². The first-order valence-electron chi connectivity index (χ1n) is 7.09. The second kappa shape index (κ2) is 6.48. The number of nitrogens with one attached hydrogen (secondary N) is 2. The van der Waals surface area contributed by atoms with E-state index in [9.17, 15) is 14.4 Å². The van der Waals surface area contributed by atoms with Crippen molar-refractivity contribution in [1.82, 2.24) is 4.98 Å². The Balaban J connectivity index is 2.18. The molecule has 0 aliphatic heterocycles. The lowest BCUT2D eigenvalue weighted by atomic mass is 10.1. The van der Waals surface area contributed by atoms with Gasteiger partial charge in [-0.1, -0.05) is 0 Å². The lowest BCUT2D eigenvalue weighted by Crippen LogP contribution is -2.11. The van der Waals surface area contributed by atoms with Gasteiger partial charge in [0.05, 0.1) is 0 Å². The zero-order chi connectivity index (χ0) is 17.1. The molecule has 0 aliphatic carbocycles. The van der Waals surface area contributed by atoms with Crippen LogP contribution in [-0.2, 0) is 4.79 Å². The average molecular weight is 314 g/mol. The number of aromatic nitrogens is 1. The number of esters is 1. The van der Waals surface area contributed by atoms with E-state index in [0.29, 0.717) is 28.3 Å². The molecule has 23 heavy (non-hydrogen) atoms. The number of hydrogen-bond acceptors (Lipinski definition) is 4. The number of Topliss-reactive ketones (excluding diaryl/α,β-unsaturated/α-hetero) is 1. The summed E-state index contributed by atoms with van der Waals surface area (Å²) in [6.45, 7) is 6.31. The monoisotopic (exact) mass is 314 g/mol. The molecule has 0 atom stereocenters. The summed E-state index contributed by atoms with van der Waals surface area (Å²) in [4.78, 5) is 37.7. The van der Waals surface area contributed by atoms with Crippen LogP contribution in [-0.4, -0.2) is 22.6 Å². The smallest absolute Gasteiger partial charge is 0.360 e. The highest BCUT2D eigenvalue weighted by Gasteiger charge is 2.21. The maximum Gasteiger partial charge on any atom is 0.360 e. The summed E-state index contributed by atoms with van der Waals surface area (Å²) in [6.07, 6.45) is 0. The van der Waals surface area contributed by atoms with E-state index in [1.807, 2.05) is 0 Å². The van der Waals surface area contributed by atoms with Crippen molar-refractivity contribution in [1.29, 1.82) is 0 Å². The fourth-order valence-electron chi connectivity index (χ4n) is 2.45. The summed E-state index contributed by atoms with van der Waals surface area (Å²) in [5, 5.41) is 2.63. The Morgan fingerprint density at radius 3 is 2.13 bits per heavy atom. The van der Waals surface area contributed by atoms with Crippen molar-refractivity contribution >= 4 is 23.3 Å². The lowest BCUT2D eigenvalue weighted by Gasteiger charge is -2.06. The molecule has 0 saturated carbocycles. The second-order valence-corrected chi connectivity index (χ2v) is 5.28. The highest BCUT2D eigenvalue weighted by atomic mass is 16.5. The van der Waals surface area contributed by atoms with Crippen molar-refractivity contribution in [2.45, 2.75) is 27.7 Å². The number of ketones is 1. The molecular weight excluding hydrogens is 296 g/mol. The zero-order valence-corrected chi connectivity index (χ0v) is 13.4. The molecule has 0 spiro atoms. The third-order valence-corrected chi connectivity index (χ3v) is 3.38. The van der Waals surface area contributed by atoms with Crippen LogP contribution < -0.4 is 10.1 Å². The Morgan fingerprint density at radius 1 is 1.04 bits per heavy atom. The van der Waals surface area contributed by atoms with Crippen molar-refractivity contribution in [3.05, 3.63) is 46.8 Å². The number of benzene rings is 1. The molecule has 0 radical (unpaired) electrons. The molecule has 1 amide bonds. The SMILES string of the molecule is CC(=O)Nc1ccc(OC(=O)c2[nH]c(C)c(C(C)=O)c2C)cc1. The zero-order valence-electron chi connectivity index (χ0n) is 13.4. The molecule has 2 rings (SSSR count). The largest absolute Gasteiger partial charge is 0.422 e. The van der Waals surface area contributed by atoms with Crippen molar-refractivity contribution in [3.63, 3.8) is 0 Å². The van der Waals surface area contributed by atoms with Gasteiger partial charge >= 0.3 is 5.97 Å². The summed E-state index contributed by atoms with van der Waals surface area (Å²) in [6, 6.07) is 6.44. The van der Waals surface area contributed by atoms with Crippen LogP contribution in [0.3, 0.4) is 0 Å². The molecule has 2 N–H and O–H groups in total. The molecule has 1 heterocycles. The number of carbonyl (C=O) groups excluding carboxylic acids is 3. The van der Waals surface area contributed by atoms with Gasteiger partial charge in [-0.2, -0.15) is 0 Å². The van der Waals surface area contributed by atoms with Crippen molar-refractivity contribution in [2.75, 3.05) is 5.32 Å². The van der Waals surface area contributed by atoms with Gasteiger partial charge < -0.3 is 15.0 Å². The van der Waals surface area contributed by atoms with Crippen molar-refractivity contribution < 1.29 is 19.1 Å². The van der Waals surface area contributed by atoms with Gasteiger partial charge in [0.1, 0.15) is 11.4 Å². The van der Waals surface area contributed by atoms with Gasteiger partial charge in [0, 0.05) is 23.9 Å². The highest BCUT2D eigenvalue weighted by molar-refractivity contribution is 6.01. The Hall–Kier alpha value is -2.89. The number of amides is 1. The van der Waals surface area contributed by atoms with Crippen LogP contribution in [0.4, 0.5) is 5.69 Å². The molecule has 1 aromatic carbocycles. The molecule has 0 unspecified atom stereocenters. The van der Waals surface area contributed by atoms with Gasteiger partial charge in [-0.15, -0.1) is 0 Å². The van der Waals surface area contributed by atoms with E-state index in [1.54, 1.807) is 38.1 Å². The molecule has 120 valence electrons. The Morgan fingerprint density at radius 2 is 1.65 bits per heavy atom. The van der Waals surface area contributed by atoms with Crippen molar-refractivity contribution in [2.24, 2.45) is 0 Å². The number of aryl methyl sites for hydroxylation is 1. The molecule has 0 fully saturated rings. The van der Waals surface area contributed by atoms with Crippen LogP contribution in [0.5, 0.6) is 5.75 Å². The van der Waals surface area contributed by atoms with Gasteiger partial charge in [-0.05, 0) is 50.6 Å². The van der Waals surface area contributed by atoms with E-state index in [1.165, 1.54) is 13.8 Å². The Kier molecular flexibility index (Phi) is 4.64.